The van der Waals surface area contributed by atoms with Gasteiger partial charge < -0.3 is 31.1 Å². The number of hydrogen-bond donors (Lipinski definition) is 5. The van der Waals surface area contributed by atoms with Gasteiger partial charge in [-0.1, -0.05) is 11.8 Å². The zero-order valence-electron chi connectivity index (χ0n) is 22.7. The third-order valence-corrected chi connectivity index (χ3v) is 7.89. The number of phenolic OH excluding ortho intramolecular Hbond substituents is 1. The molecular weight excluding hydrogens is 488 g/mol. The number of ketones is 1. The van der Waals surface area contributed by atoms with Crippen molar-refractivity contribution in [1.82, 2.24) is 9.80 Å². The Hall–Kier alpha value is -3.52. The van der Waals surface area contributed by atoms with Crippen molar-refractivity contribution >= 4 is 23.1 Å². The number of aromatic hydroxyl groups is 1. The van der Waals surface area contributed by atoms with Gasteiger partial charge in [-0.2, -0.15) is 0 Å². The number of aliphatic hydroxyl groups excluding tert-OH is 2. The van der Waals surface area contributed by atoms with E-state index in [9.17, 15) is 30.0 Å². The molecule has 1 amide bonds. The van der Waals surface area contributed by atoms with Crippen molar-refractivity contribution in [2.75, 3.05) is 53.7 Å². The molecule has 0 bridgehead atoms. The summed E-state index contributed by atoms with van der Waals surface area (Å²) in [6, 6.07) is 0.953. The lowest BCUT2D eigenvalue weighted by molar-refractivity contribution is -0.151. The lowest BCUT2D eigenvalue weighted by Crippen LogP contribution is -2.62. The minimum atomic E-state index is -2.06. The number of benzene rings is 1. The van der Waals surface area contributed by atoms with Crippen LogP contribution in [0.15, 0.2) is 23.0 Å². The molecule has 0 heterocycles. The Labute approximate surface area is 222 Å². The second-order valence-corrected chi connectivity index (χ2v) is 11.2. The van der Waals surface area contributed by atoms with Crippen molar-refractivity contribution in [3.8, 4) is 17.6 Å². The van der Waals surface area contributed by atoms with Crippen LogP contribution in [0, 0.1) is 23.7 Å². The van der Waals surface area contributed by atoms with Gasteiger partial charge in [0.1, 0.15) is 22.9 Å². The first-order valence-corrected chi connectivity index (χ1v) is 12.5. The molecule has 204 valence electrons. The maximum atomic E-state index is 14.0. The fourth-order valence-corrected chi connectivity index (χ4v) is 6.17. The third kappa shape index (κ3) is 4.21. The topological polar surface area (TPSA) is 151 Å². The van der Waals surface area contributed by atoms with E-state index in [1.807, 2.05) is 38.0 Å². The van der Waals surface area contributed by atoms with Crippen molar-refractivity contribution in [1.29, 1.82) is 0 Å². The number of hydrogen-bond acceptors (Lipinski definition) is 9. The maximum Gasteiger partial charge on any atom is 0.248 e. The summed E-state index contributed by atoms with van der Waals surface area (Å²) < 4.78 is 0. The standard InChI is InChI=1S/C28H36N4O6/c1-30(2)9-7-8-14-12-19(31(3)4)16-10-15-11-18-22(32(5)6)24(34)17(27(29)37)13-28(18,38)26(36)20(15)25(35)21(16)23(14)33/h12,15,18,22,33-35,38H,9-11,13H2,1-6H3,(H2,29,37). The Kier molecular flexibility index (Phi) is 6.99. The molecule has 1 aromatic carbocycles. The van der Waals surface area contributed by atoms with Crippen molar-refractivity contribution in [3.05, 3.63) is 39.7 Å². The molecule has 6 N–H and O–H groups in total. The molecule has 3 aliphatic carbocycles. The summed E-state index contributed by atoms with van der Waals surface area (Å²) in [7, 11) is 10.8. The summed E-state index contributed by atoms with van der Waals surface area (Å²) in [6.45, 7) is 0.464. The normalized spacial score (nSPS) is 26.6. The highest BCUT2D eigenvalue weighted by atomic mass is 16.3. The average molecular weight is 525 g/mol. The van der Waals surface area contributed by atoms with Gasteiger partial charge in [0.2, 0.25) is 5.91 Å². The molecule has 1 saturated carbocycles. The van der Waals surface area contributed by atoms with Crippen LogP contribution >= 0.6 is 0 Å². The van der Waals surface area contributed by atoms with Crippen molar-refractivity contribution in [2.45, 2.75) is 30.9 Å². The smallest absolute Gasteiger partial charge is 0.248 e. The van der Waals surface area contributed by atoms with Gasteiger partial charge in [-0.15, -0.1) is 0 Å². The fourth-order valence-electron chi connectivity index (χ4n) is 6.17. The minimum Gasteiger partial charge on any atom is -0.510 e. The van der Waals surface area contributed by atoms with Crippen molar-refractivity contribution in [3.63, 3.8) is 0 Å². The molecule has 0 saturated heterocycles. The summed E-state index contributed by atoms with van der Waals surface area (Å²) >= 11 is 0. The van der Waals surface area contributed by atoms with E-state index in [0.717, 1.165) is 5.69 Å². The first kappa shape index (κ1) is 27.5. The van der Waals surface area contributed by atoms with Crippen LogP contribution in [0.5, 0.6) is 5.75 Å². The van der Waals surface area contributed by atoms with Crippen LogP contribution < -0.4 is 10.6 Å². The van der Waals surface area contributed by atoms with E-state index in [1.165, 1.54) is 0 Å². The number of phenols is 1. The fraction of sp³-hybridized carbons (Fsp3) is 0.500. The van der Waals surface area contributed by atoms with Gasteiger partial charge >= 0.3 is 0 Å². The lowest BCUT2D eigenvalue weighted by atomic mass is 9.57. The van der Waals surface area contributed by atoms with E-state index in [4.69, 9.17) is 5.73 Å². The Morgan fingerprint density at radius 3 is 2.37 bits per heavy atom. The van der Waals surface area contributed by atoms with Gasteiger partial charge in [0.25, 0.3) is 0 Å². The van der Waals surface area contributed by atoms with Crippen LogP contribution in [-0.2, 0) is 16.0 Å². The first-order valence-electron chi connectivity index (χ1n) is 12.5. The predicted octanol–water partition coefficient (Wildman–Crippen LogP) is 0.764. The molecule has 4 atom stereocenters. The number of nitrogens with two attached hydrogens (primary N) is 1. The number of nitrogens with zero attached hydrogens (tertiary/aromatic N) is 3. The van der Waals surface area contributed by atoms with Gasteiger partial charge in [0.15, 0.2) is 5.78 Å². The molecule has 1 fully saturated rings. The Morgan fingerprint density at radius 1 is 1.16 bits per heavy atom. The van der Waals surface area contributed by atoms with Gasteiger partial charge in [-0.3, -0.25) is 19.4 Å². The number of aliphatic hydroxyl groups is 3. The molecule has 0 radical (unpaired) electrons. The number of carbonyl (C=O) groups is 2. The predicted molar refractivity (Wildman–Crippen MR) is 144 cm³/mol. The highest BCUT2D eigenvalue weighted by Gasteiger charge is 2.60. The third-order valence-electron chi connectivity index (χ3n) is 7.89. The number of fused-ring (bicyclic) bond motifs is 3. The zero-order valence-corrected chi connectivity index (χ0v) is 22.7. The quantitative estimate of drug-likeness (QED) is 0.360. The molecule has 0 aliphatic heterocycles. The molecule has 0 spiro atoms. The van der Waals surface area contributed by atoms with E-state index in [2.05, 4.69) is 11.8 Å². The minimum absolute atomic E-state index is 0.0115. The highest BCUT2D eigenvalue weighted by molar-refractivity contribution is 6.10. The molecule has 38 heavy (non-hydrogen) atoms. The van der Waals surface area contributed by atoms with Crippen molar-refractivity contribution < 1.29 is 30.0 Å². The van der Waals surface area contributed by atoms with E-state index in [-0.39, 0.29) is 34.6 Å². The number of anilines is 1. The lowest BCUT2D eigenvalue weighted by Gasteiger charge is -2.51. The van der Waals surface area contributed by atoms with E-state index >= 15 is 0 Å². The Balaban J connectivity index is 1.92. The van der Waals surface area contributed by atoms with Crippen LogP contribution in [0.2, 0.25) is 0 Å². The van der Waals surface area contributed by atoms with Crippen LogP contribution in [0.4, 0.5) is 5.69 Å². The molecule has 0 aromatic heterocycles. The van der Waals surface area contributed by atoms with Crippen LogP contribution in [0.3, 0.4) is 0 Å². The number of amides is 1. The van der Waals surface area contributed by atoms with Crippen molar-refractivity contribution in [2.24, 2.45) is 17.6 Å². The summed E-state index contributed by atoms with van der Waals surface area (Å²) in [4.78, 5) is 31.5. The highest BCUT2D eigenvalue weighted by Crippen LogP contribution is 2.54. The second-order valence-electron chi connectivity index (χ2n) is 11.2. The molecule has 4 unspecified atom stereocenters. The number of carbonyl (C=O) groups excluding carboxylic acids is 2. The molecule has 1 aromatic rings. The monoisotopic (exact) mass is 524 g/mol. The number of rotatable bonds is 4. The van der Waals surface area contributed by atoms with Crippen LogP contribution in [0.25, 0.3) is 5.76 Å². The maximum absolute atomic E-state index is 14.0. The van der Waals surface area contributed by atoms with Gasteiger partial charge in [0.05, 0.1) is 29.3 Å². The number of Topliss-reactive ketones (excluding diaryl/α,β-unsaturated/α-hetero) is 1. The number of primary amides is 1. The van der Waals surface area contributed by atoms with E-state index in [1.54, 1.807) is 25.1 Å². The van der Waals surface area contributed by atoms with Gasteiger partial charge in [-0.25, -0.2) is 0 Å². The molecule has 4 rings (SSSR count). The first-order chi connectivity index (χ1) is 17.7. The summed E-state index contributed by atoms with van der Waals surface area (Å²) in [5.74, 6) is 2.21. The summed E-state index contributed by atoms with van der Waals surface area (Å²) in [5, 5.41) is 45.4. The largest absolute Gasteiger partial charge is 0.510 e. The molecule has 10 heteroatoms. The summed E-state index contributed by atoms with van der Waals surface area (Å²) in [6.07, 6.45) is 0.133. The molecule has 10 nitrogen and oxygen atoms in total. The SMILES string of the molecule is CN(C)CC#Cc1cc(N(C)C)c2c(c1O)C(O)=C1C(=O)C3(O)CC(C(N)=O)=C(O)C(N(C)C)C3CC1C2. The zero-order chi connectivity index (χ0) is 28.3. The number of likely N-dealkylation sites (N-methyl/N-ethyl adjacent to an activating group) is 1. The second kappa shape index (κ2) is 9.66. The van der Waals surface area contributed by atoms with Crippen LogP contribution in [0.1, 0.15) is 29.5 Å². The summed E-state index contributed by atoms with van der Waals surface area (Å²) in [5.41, 5.74) is 5.10. The average Bonchev–Trinajstić information content (AvgIpc) is 2.80. The Bertz CT molecular complexity index is 1330. The molecular formula is C28H36N4O6. The van der Waals surface area contributed by atoms with Crippen LogP contribution in [-0.4, -0.2) is 102 Å². The Morgan fingerprint density at radius 2 is 1.82 bits per heavy atom. The van der Waals surface area contributed by atoms with E-state index < -0.39 is 47.3 Å². The molecule has 3 aliphatic rings. The van der Waals surface area contributed by atoms with Gasteiger partial charge in [0, 0.05) is 37.7 Å². The van der Waals surface area contributed by atoms with Gasteiger partial charge in [-0.05, 0) is 58.6 Å². The van der Waals surface area contributed by atoms with E-state index in [0.29, 0.717) is 24.1 Å².